The first-order valence-electron chi connectivity index (χ1n) is 10.1. The second kappa shape index (κ2) is 8.23. The van der Waals surface area contributed by atoms with E-state index in [2.05, 4.69) is 49.9 Å². The van der Waals surface area contributed by atoms with E-state index in [-0.39, 0.29) is 0 Å². The Morgan fingerprint density at radius 3 is 2.53 bits per heavy atom. The maximum atomic E-state index is 11.4. The topological polar surface area (TPSA) is 109 Å². The van der Waals surface area contributed by atoms with Crippen LogP contribution in [0, 0.1) is 0 Å². The first-order valence-corrected chi connectivity index (χ1v) is 10.1. The van der Waals surface area contributed by atoms with E-state index >= 15 is 0 Å². The number of amides is 1. The van der Waals surface area contributed by atoms with E-state index in [0.717, 1.165) is 27.8 Å². The van der Waals surface area contributed by atoms with Crippen LogP contribution < -0.4 is 16.4 Å². The number of nitrogens with one attached hydrogen (secondary N) is 3. The highest BCUT2D eigenvalue weighted by Crippen LogP contribution is 2.27. The Hall–Kier alpha value is -4.65. The number of aromatic nitrogens is 3. The van der Waals surface area contributed by atoms with Crippen LogP contribution in [0.5, 0.6) is 0 Å². The predicted molar refractivity (Wildman–Crippen MR) is 127 cm³/mol. The molecule has 1 amide bonds. The molecule has 7 nitrogen and oxygen atoms in total. The summed E-state index contributed by atoms with van der Waals surface area (Å²) in [6, 6.07) is 27.2. The molecule has 0 aliphatic rings. The first kappa shape index (κ1) is 19.3. The molecule has 0 aliphatic carbocycles. The first-order chi connectivity index (χ1) is 15.6. The zero-order valence-electron chi connectivity index (χ0n) is 17.0. The number of H-pyrrole nitrogens is 1. The summed E-state index contributed by atoms with van der Waals surface area (Å²) in [5.74, 6) is 0.568. The number of rotatable bonds is 6. The summed E-state index contributed by atoms with van der Waals surface area (Å²) in [6.07, 6.45) is 1.66. The number of primary amides is 1. The summed E-state index contributed by atoms with van der Waals surface area (Å²) < 4.78 is 0. The number of benzene rings is 3. The molecule has 156 valence electrons. The van der Waals surface area contributed by atoms with Crippen molar-refractivity contribution in [2.24, 2.45) is 5.73 Å². The average molecular weight is 420 g/mol. The molecule has 0 radical (unpaired) electrons. The molecule has 0 atom stereocenters. The van der Waals surface area contributed by atoms with E-state index in [9.17, 15) is 4.79 Å². The van der Waals surface area contributed by atoms with Crippen LogP contribution in [0.25, 0.3) is 22.2 Å². The van der Waals surface area contributed by atoms with Crippen molar-refractivity contribution in [2.75, 3.05) is 10.6 Å². The predicted octanol–water partition coefficient (Wildman–Crippen LogP) is 5.21. The molecule has 5 N–H and O–H groups in total. The molecule has 0 aliphatic heterocycles. The highest BCUT2D eigenvalue weighted by molar-refractivity contribution is 5.94. The third kappa shape index (κ3) is 4.13. The van der Waals surface area contributed by atoms with Gasteiger partial charge in [0, 0.05) is 39.7 Å². The second-order valence-electron chi connectivity index (χ2n) is 7.31. The minimum absolute atomic E-state index is 0.408. The number of anilines is 4. The van der Waals surface area contributed by atoms with Crippen molar-refractivity contribution in [3.63, 3.8) is 0 Å². The summed E-state index contributed by atoms with van der Waals surface area (Å²) in [5.41, 5.74) is 10.6. The molecule has 7 heteroatoms. The van der Waals surface area contributed by atoms with Gasteiger partial charge in [0.2, 0.25) is 11.9 Å². The van der Waals surface area contributed by atoms with Gasteiger partial charge < -0.3 is 21.4 Å². The van der Waals surface area contributed by atoms with Crippen LogP contribution in [0.4, 0.5) is 23.1 Å². The summed E-state index contributed by atoms with van der Waals surface area (Å²) in [7, 11) is 0. The third-order valence-electron chi connectivity index (χ3n) is 5.04. The molecule has 0 fully saturated rings. The van der Waals surface area contributed by atoms with Crippen LogP contribution in [0.3, 0.4) is 0 Å². The maximum Gasteiger partial charge on any atom is 0.248 e. The molecule has 3 aromatic carbocycles. The largest absolute Gasteiger partial charge is 0.366 e. The van der Waals surface area contributed by atoms with Crippen LogP contribution in [0.2, 0.25) is 0 Å². The van der Waals surface area contributed by atoms with E-state index < -0.39 is 5.91 Å². The van der Waals surface area contributed by atoms with E-state index in [1.807, 2.05) is 36.4 Å². The van der Waals surface area contributed by atoms with Gasteiger partial charge in [0.05, 0.1) is 0 Å². The van der Waals surface area contributed by atoms with Gasteiger partial charge >= 0.3 is 0 Å². The van der Waals surface area contributed by atoms with Crippen molar-refractivity contribution < 1.29 is 4.79 Å². The van der Waals surface area contributed by atoms with Crippen LogP contribution in [0.1, 0.15) is 10.4 Å². The molecule has 0 bridgehead atoms. The van der Waals surface area contributed by atoms with Gasteiger partial charge in [-0.1, -0.05) is 36.4 Å². The molecular weight excluding hydrogens is 400 g/mol. The summed E-state index contributed by atoms with van der Waals surface area (Å²) in [4.78, 5) is 23.6. The van der Waals surface area contributed by atoms with Crippen LogP contribution in [0.15, 0.2) is 91.1 Å². The SMILES string of the molecule is NC(=O)c1cccc(Nc2nccc(Nc3ccc4[nH]c(-c5ccccc5)cc4c3)n2)c1. The lowest BCUT2D eigenvalue weighted by atomic mass is 10.1. The van der Waals surface area contributed by atoms with Gasteiger partial charge in [-0.2, -0.15) is 4.98 Å². The van der Waals surface area contributed by atoms with E-state index in [4.69, 9.17) is 5.73 Å². The van der Waals surface area contributed by atoms with Crippen molar-refractivity contribution in [1.82, 2.24) is 15.0 Å². The Bertz CT molecular complexity index is 1410. The number of nitrogens with two attached hydrogens (primary N) is 1. The highest BCUT2D eigenvalue weighted by Gasteiger charge is 2.07. The fourth-order valence-electron chi connectivity index (χ4n) is 3.50. The fraction of sp³-hybridized carbons (Fsp3) is 0. The number of aromatic amines is 1. The molecular formula is C25H20N6O. The molecule has 0 unspecified atom stereocenters. The second-order valence-corrected chi connectivity index (χ2v) is 7.31. The van der Waals surface area contributed by atoms with Gasteiger partial charge in [-0.3, -0.25) is 4.79 Å². The van der Waals surface area contributed by atoms with E-state index in [0.29, 0.717) is 23.0 Å². The van der Waals surface area contributed by atoms with Crippen LogP contribution in [-0.2, 0) is 0 Å². The minimum atomic E-state index is -0.486. The summed E-state index contributed by atoms with van der Waals surface area (Å²) >= 11 is 0. The lowest BCUT2D eigenvalue weighted by Crippen LogP contribution is -2.11. The average Bonchev–Trinajstić information content (AvgIpc) is 3.24. The Morgan fingerprint density at radius 2 is 1.69 bits per heavy atom. The van der Waals surface area contributed by atoms with Crippen LogP contribution in [-0.4, -0.2) is 20.9 Å². The normalized spacial score (nSPS) is 10.8. The third-order valence-corrected chi connectivity index (χ3v) is 5.04. The number of fused-ring (bicyclic) bond motifs is 1. The number of carbonyl (C=O) groups excluding carboxylic acids is 1. The summed E-state index contributed by atoms with van der Waals surface area (Å²) in [6.45, 7) is 0. The molecule has 5 aromatic rings. The van der Waals surface area contributed by atoms with Gasteiger partial charge in [-0.05, 0) is 54.1 Å². The Morgan fingerprint density at radius 1 is 0.844 bits per heavy atom. The Labute approximate surface area is 184 Å². The van der Waals surface area contributed by atoms with E-state index in [1.54, 1.807) is 30.5 Å². The van der Waals surface area contributed by atoms with Crippen molar-refractivity contribution in [2.45, 2.75) is 0 Å². The number of carbonyl (C=O) groups is 1. The molecule has 0 saturated carbocycles. The zero-order valence-corrected chi connectivity index (χ0v) is 17.0. The van der Waals surface area contributed by atoms with Gasteiger partial charge in [-0.25, -0.2) is 4.98 Å². The fourth-order valence-corrected chi connectivity index (χ4v) is 3.50. The van der Waals surface area contributed by atoms with Gasteiger partial charge in [0.1, 0.15) is 5.82 Å². The Balaban J connectivity index is 1.36. The standard InChI is InChI=1S/C25H20N6O/c26-24(32)17-7-4-8-19(13-17)29-25-27-12-11-23(31-25)28-20-9-10-21-18(14-20)15-22(30-21)16-5-2-1-3-6-16/h1-15,30H,(H2,26,32)(H2,27,28,29,31). The van der Waals surface area contributed by atoms with Crippen LogP contribution >= 0.6 is 0 Å². The van der Waals surface area contributed by atoms with Gasteiger partial charge in [0.15, 0.2) is 0 Å². The van der Waals surface area contributed by atoms with Crippen molar-refractivity contribution >= 4 is 40.0 Å². The lowest BCUT2D eigenvalue weighted by Gasteiger charge is -2.09. The molecule has 0 saturated heterocycles. The smallest absolute Gasteiger partial charge is 0.248 e. The number of hydrogen-bond acceptors (Lipinski definition) is 5. The van der Waals surface area contributed by atoms with Gasteiger partial charge in [-0.15, -0.1) is 0 Å². The van der Waals surface area contributed by atoms with Crippen molar-refractivity contribution in [3.05, 3.63) is 96.7 Å². The maximum absolute atomic E-state index is 11.4. The molecule has 2 aromatic heterocycles. The minimum Gasteiger partial charge on any atom is -0.366 e. The summed E-state index contributed by atoms with van der Waals surface area (Å²) in [5, 5.41) is 7.52. The Kier molecular flexibility index (Phi) is 4.97. The highest BCUT2D eigenvalue weighted by atomic mass is 16.1. The monoisotopic (exact) mass is 420 g/mol. The lowest BCUT2D eigenvalue weighted by molar-refractivity contribution is 0.100. The molecule has 32 heavy (non-hydrogen) atoms. The zero-order chi connectivity index (χ0) is 21.9. The number of hydrogen-bond donors (Lipinski definition) is 4. The van der Waals surface area contributed by atoms with Crippen molar-refractivity contribution in [1.29, 1.82) is 0 Å². The van der Waals surface area contributed by atoms with Gasteiger partial charge in [0.25, 0.3) is 0 Å². The molecule has 5 rings (SSSR count). The molecule has 0 spiro atoms. The molecule has 2 heterocycles. The quantitative estimate of drug-likeness (QED) is 0.301. The van der Waals surface area contributed by atoms with Crippen molar-refractivity contribution in [3.8, 4) is 11.3 Å². The number of nitrogens with zero attached hydrogens (tertiary/aromatic N) is 2. The van der Waals surface area contributed by atoms with E-state index in [1.165, 1.54) is 0 Å².